The fourth-order valence-electron chi connectivity index (χ4n) is 3.28. The largest absolute Gasteiger partial charge is 1.00 e. The molecule has 5 nitrogen and oxygen atoms in total. The zero-order valence-electron chi connectivity index (χ0n) is 18.1. The molecule has 0 amide bonds. The second-order valence-electron chi connectivity index (χ2n) is 7.41. The molecule has 0 fully saturated rings. The first-order valence-electron chi connectivity index (χ1n) is 10.5. The normalized spacial score (nSPS) is 11.1. The molecule has 0 atom stereocenters. The van der Waals surface area contributed by atoms with Gasteiger partial charge in [-0.1, -0.05) is 82.2 Å². The average molecular weight is 459 g/mol. The molecular weight excluding hydrogens is 427 g/mol. The number of unbranched alkanes of at least 4 members (excludes halogenated alkanes) is 8. The van der Waals surface area contributed by atoms with Gasteiger partial charge in [0, 0.05) is 6.07 Å². The van der Waals surface area contributed by atoms with Crippen molar-refractivity contribution in [3.05, 3.63) is 48.0 Å². The molecule has 2 aromatic carbocycles. The summed E-state index contributed by atoms with van der Waals surface area (Å²) in [6, 6.07) is 10.6. The van der Waals surface area contributed by atoms with E-state index in [1.54, 1.807) is 18.2 Å². The van der Waals surface area contributed by atoms with Crippen LogP contribution in [0.15, 0.2) is 47.4 Å². The predicted molar refractivity (Wildman–Crippen MR) is 113 cm³/mol. The van der Waals surface area contributed by atoms with Crippen LogP contribution in [0.2, 0.25) is 0 Å². The van der Waals surface area contributed by atoms with Crippen LogP contribution in [-0.4, -0.2) is 13.0 Å². The minimum Gasteiger partial charge on any atom is -0.870 e. The Balaban J connectivity index is 0.00000450. The Morgan fingerprint density at radius 1 is 0.900 bits per heavy atom. The van der Waals surface area contributed by atoms with Gasteiger partial charge in [-0.25, -0.2) is 0 Å². The number of para-hydroxylation sites is 2. The van der Waals surface area contributed by atoms with Crippen molar-refractivity contribution in [2.24, 2.45) is 0 Å². The molecule has 30 heavy (non-hydrogen) atoms. The maximum absolute atomic E-state index is 11.9. The van der Waals surface area contributed by atoms with Crippen molar-refractivity contribution < 1.29 is 74.2 Å². The molecule has 0 aromatic heterocycles. The molecule has 0 saturated heterocycles. The van der Waals surface area contributed by atoms with E-state index in [1.807, 2.05) is 0 Å². The number of hydrogen-bond donors (Lipinski definition) is 1. The van der Waals surface area contributed by atoms with Gasteiger partial charge in [0.25, 0.3) is 10.1 Å². The van der Waals surface area contributed by atoms with Crippen LogP contribution in [0.1, 0.15) is 70.3 Å². The second kappa shape index (κ2) is 14.6. The van der Waals surface area contributed by atoms with Gasteiger partial charge in [-0.05, 0) is 36.6 Å². The van der Waals surface area contributed by atoms with E-state index >= 15 is 0 Å². The van der Waals surface area contributed by atoms with Crippen LogP contribution in [-0.2, 0) is 16.5 Å². The van der Waals surface area contributed by atoms with E-state index in [2.05, 4.69) is 6.92 Å². The minimum absolute atomic E-state index is 0. The van der Waals surface area contributed by atoms with Gasteiger partial charge in [-0.15, -0.1) is 0 Å². The summed E-state index contributed by atoms with van der Waals surface area (Å²) in [5, 5.41) is 11.9. The van der Waals surface area contributed by atoms with Crippen molar-refractivity contribution in [1.29, 1.82) is 0 Å². The van der Waals surface area contributed by atoms with Crippen molar-refractivity contribution in [1.82, 2.24) is 0 Å². The predicted octanol–water partition coefficient (Wildman–Crippen LogP) is 2.88. The van der Waals surface area contributed by atoms with E-state index in [-0.39, 0.29) is 73.5 Å². The third-order valence-electron chi connectivity index (χ3n) is 4.88. The molecule has 2 rings (SSSR count). The van der Waals surface area contributed by atoms with Crippen LogP contribution in [0.25, 0.3) is 0 Å². The van der Waals surface area contributed by atoms with Crippen molar-refractivity contribution in [3.8, 4) is 17.2 Å². The molecule has 0 saturated carbocycles. The van der Waals surface area contributed by atoms with Gasteiger partial charge in [0.1, 0.15) is 11.5 Å². The molecule has 0 aliphatic carbocycles. The third-order valence-corrected chi connectivity index (χ3v) is 5.72. The Labute approximate surface area is 223 Å². The van der Waals surface area contributed by atoms with Crippen molar-refractivity contribution in [3.63, 3.8) is 0 Å². The maximum atomic E-state index is 11.9. The number of hydrogen-bond acceptors (Lipinski definition) is 4. The van der Waals surface area contributed by atoms with Crippen LogP contribution in [0.3, 0.4) is 0 Å². The Bertz CT molecular complexity index is 868. The van der Waals surface area contributed by atoms with Crippen LogP contribution in [0, 0.1) is 0 Å². The smallest absolute Gasteiger partial charge is 0.870 e. The van der Waals surface area contributed by atoms with E-state index in [9.17, 15) is 18.1 Å². The first-order valence-corrected chi connectivity index (χ1v) is 11.9. The topological polar surface area (TPSA) is 86.7 Å². The molecule has 0 aliphatic rings. The quantitative estimate of drug-likeness (QED) is 0.283. The Morgan fingerprint density at radius 2 is 1.50 bits per heavy atom. The molecule has 2 aromatic rings. The number of aryl methyl sites for hydroxylation is 1. The molecule has 1 N–H and O–H groups in total. The summed E-state index contributed by atoms with van der Waals surface area (Å²) in [4.78, 5) is -0.218. The number of rotatable bonds is 13. The van der Waals surface area contributed by atoms with Crippen LogP contribution < -0.4 is 61.2 Å². The van der Waals surface area contributed by atoms with Crippen LogP contribution in [0.4, 0.5) is 0 Å². The fraction of sp³-hybridized carbons (Fsp3) is 0.478. The maximum Gasteiger partial charge on any atom is 1.00 e. The first kappa shape index (κ1) is 27.6. The van der Waals surface area contributed by atoms with E-state index in [1.165, 1.54) is 62.8 Å². The molecule has 0 bridgehead atoms. The molecule has 0 unspecified atom stereocenters. The van der Waals surface area contributed by atoms with Crippen LogP contribution >= 0.6 is 0 Å². The van der Waals surface area contributed by atoms with Crippen molar-refractivity contribution in [2.75, 3.05) is 0 Å². The van der Waals surface area contributed by atoms with Gasteiger partial charge in [-0.2, -0.15) is 8.42 Å². The van der Waals surface area contributed by atoms with Gasteiger partial charge in [0.05, 0.1) is 4.90 Å². The molecule has 0 aliphatic heterocycles. The molecule has 0 spiro atoms. The SMILES string of the molecule is CCCCCCCCCCCc1cc(Oc2ccccc2[O-])cc(S(=O)(=O)O)c1.[K+]. The van der Waals surface area contributed by atoms with E-state index in [0.717, 1.165) is 24.8 Å². The minimum atomic E-state index is -4.36. The zero-order valence-corrected chi connectivity index (χ0v) is 22.0. The Kier molecular flexibility index (Phi) is 13.5. The summed E-state index contributed by atoms with van der Waals surface area (Å²) in [5.74, 6) is 0.0635. The van der Waals surface area contributed by atoms with Crippen molar-refractivity contribution >= 4 is 10.1 Å². The van der Waals surface area contributed by atoms with Gasteiger partial charge in [0.2, 0.25) is 0 Å². The molecule has 0 radical (unpaired) electrons. The third kappa shape index (κ3) is 10.3. The van der Waals surface area contributed by atoms with E-state index < -0.39 is 10.1 Å². The molecule has 0 heterocycles. The van der Waals surface area contributed by atoms with E-state index in [0.29, 0.717) is 6.42 Å². The first-order chi connectivity index (χ1) is 13.9. The fourth-order valence-corrected chi connectivity index (χ4v) is 3.85. The van der Waals surface area contributed by atoms with E-state index in [4.69, 9.17) is 4.74 Å². The van der Waals surface area contributed by atoms with Gasteiger partial charge < -0.3 is 9.84 Å². The molecule has 160 valence electrons. The Morgan fingerprint density at radius 3 is 2.10 bits per heavy atom. The number of ether oxygens (including phenoxy) is 1. The molecule has 7 heteroatoms. The molecular formula is C23H31KO5S. The monoisotopic (exact) mass is 458 g/mol. The van der Waals surface area contributed by atoms with Gasteiger partial charge in [0.15, 0.2) is 0 Å². The van der Waals surface area contributed by atoms with Crippen molar-refractivity contribution in [2.45, 2.75) is 76.0 Å². The summed E-state index contributed by atoms with van der Waals surface area (Å²) in [6.07, 6.45) is 11.5. The van der Waals surface area contributed by atoms with Gasteiger partial charge in [-0.3, -0.25) is 4.55 Å². The second-order valence-corrected chi connectivity index (χ2v) is 8.84. The zero-order chi connectivity index (χ0) is 21.1. The number of benzene rings is 2. The summed E-state index contributed by atoms with van der Waals surface area (Å²) in [7, 11) is -4.36. The summed E-state index contributed by atoms with van der Waals surface area (Å²) < 4.78 is 38.3. The average Bonchev–Trinajstić information content (AvgIpc) is 2.68. The Hall–Kier alpha value is -0.414. The summed E-state index contributed by atoms with van der Waals surface area (Å²) in [6.45, 7) is 2.22. The van der Waals surface area contributed by atoms with Gasteiger partial charge >= 0.3 is 51.4 Å². The standard InChI is InChI=1S/C23H32O5S.K/c1-2-3-4-5-6-7-8-9-10-13-19-16-20(18-21(17-19)29(25,26)27)28-23-15-12-11-14-22(23)24;/h11-12,14-18,24H,2-10,13H2,1H3,(H,25,26,27);/q;+1/p-1. The van der Waals surface area contributed by atoms with Crippen LogP contribution in [0.5, 0.6) is 17.2 Å². The summed E-state index contributed by atoms with van der Waals surface area (Å²) in [5.41, 5.74) is 0.765. The summed E-state index contributed by atoms with van der Waals surface area (Å²) >= 11 is 0.